The Kier molecular flexibility index (Phi) is 4.84. The van der Waals surface area contributed by atoms with Gasteiger partial charge >= 0.3 is 0 Å². The highest BCUT2D eigenvalue weighted by Gasteiger charge is 2.22. The number of hydrogen-bond donors (Lipinski definition) is 0. The Bertz CT molecular complexity index is 562. The van der Waals surface area contributed by atoms with Gasteiger partial charge in [0, 0.05) is 13.1 Å². The van der Waals surface area contributed by atoms with Gasteiger partial charge in [-0.3, -0.25) is 4.79 Å². The molecule has 1 aromatic carbocycles. The molecule has 1 saturated heterocycles. The summed E-state index contributed by atoms with van der Waals surface area (Å²) in [5, 5.41) is 2.33. The van der Waals surface area contributed by atoms with Gasteiger partial charge in [0.2, 0.25) is 0 Å². The number of hydrogen-bond acceptors (Lipinski definition) is 5. The molecule has 106 valence electrons. The van der Waals surface area contributed by atoms with Gasteiger partial charge in [-0.15, -0.1) is 0 Å². The molecule has 20 heavy (non-hydrogen) atoms. The first-order chi connectivity index (χ1) is 9.67. The predicted molar refractivity (Wildman–Crippen MR) is 79.1 cm³/mol. The molecule has 0 spiro atoms. The lowest BCUT2D eigenvalue weighted by molar-refractivity contribution is 0.0301. The van der Waals surface area contributed by atoms with E-state index in [0.717, 1.165) is 5.56 Å². The van der Waals surface area contributed by atoms with Gasteiger partial charge in [-0.05, 0) is 36.8 Å². The molecule has 5 nitrogen and oxygen atoms in total. The number of ether oxygens (including phenoxy) is 2. The number of thiocarbonyl (C=S) groups is 1. The molecule has 1 amide bonds. The largest absolute Gasteiger partial charge is 0.496 e. The highest BCUT2D eigenvalue weighted by molar-refractivity contribution is 7.78. The van der Waals surface area contributed by atoms with Crippen LogP contribution in [0.1, 0.15) is 15.9 Å². The summed E-state index contributed by atoms with van der Waals surface area (Å²) >= 11 is 4.63. The van der Waals surface area contributed by atoms with Crippen molar-refractivity contribution in [1.29, 1.82) is 0 Å². The molecule has 1 aromatic rings. The Morgan fingerprint density at radius 1 is 1.45 bits per heavy atom. The van der Waals surface area contributed by atoms with Crippen LogP contribution in [0.5, 0.6) is 5.75 Å². The Morgan fingerprint density at radius 3 is 2.75 bits per heavy atom. The zero-order valence-electron chi connectivity index (χ0n) is 11.5. The van der Waals surface area contributed by atoms with E-state index in [0.29, 0.717) is 43.3 Å². The maximum absolute atomic E-state index is 12.5. The molecule has 0 atom stereocenters. The summed E-state index contributed by atoms with van der Waals surface area (Å²) < 4.78 is 10.6. The molecule has 0 unspecified atom stereocenters. The second-order valence-corrected chi connectivity index (χ2v) is 4.63. The van der Waals surface area contributed by atoms with E-state index in [1.165, 1.54) is 0 Å². The lowest BCUT2D eigenvalue weighted by Gasteiger charge is -2.27. The summed E-state index contributed by atoms with van der Waals surface area (Å²) in [5.41, 5.74) is 2.01. The molecule has 2 rings (SSSR count). The quantitative estimate of drug-likeness (QED) is 0.633. The number of nitrogens with zero attached hydrogens (tertiary/aromatic N) is 2. The van der Waals surface area contributed by atoms with E-state index in [-0.39, 0.29) is 5.91 Å². The summed E-state index contributed by atoms with van der Waals surface area (Å²) in [5.74, 6) is 0.466. The van der Waals surface area contributed by atoms with Crippen LogP contribution in [0.25, 0.3) is 0 Å². The molecule has 0 aromatic heterocycles. The Hall–Kier alpha value is -1.75. The van der Waals surface area contributed by atoms with Gasteiger partial charge < -0.3 is 14.4 Å². The van der Waals surface area contributed by atoms with E-state index in [1.54, 1.807) is 24.1 Å². The van der Waals surface area contributed by atoms with Crippen LogP contribution in [0.2, 0.25) is 0 Å². The van der Waals surface area contributed by atoms with Crippen molar-refractivity contribution < 1.29 is 14.3 Å². The second kappa shape index (κ2) is 6.61. The normalized spacial score (nSPS) is 14.6. The maximum atomic E-state index is 12.5. The number of carbonyl (C=O) groups is 1. The van der Waals surface area contributed by atoms with E-state index in [2.05, 4.69) is 22.4 Å². The van der Waals surface area contributed by atoms with Crippen LogP contribution in [-0.4, -0.2) is 49.4 Å². The number of morpholine rings is 1. The minimum atomic E-state index is -0.0778. The predicted octanol–water partition coefficient (Wildman–Crippen LogP) is 2.21. The van der Waals surface area contributed by atoms with Crippen molar-refractivity contribution >= 4 is 29.0 Å². The van der Waals surface area contributed by atoms with Crippen LogP contribution < -0.4 is 4.74 Å². The molecule has 1 aliphatic heterocycles. The average Bonchev–Trinajstić information content (AvgIpc) is 2.49. The summed E-state index contributed by atoms with van der Waals surface area (Å²) in [7, 11) is 1.55. The minimum Gasteiger partial charge on any atom is -0.496 e. The van der Waals surface area contributed by atoms with E-state index in [9.17, 15) is 4.79 Å². The Labute approximate surface area is 123 Å². The van der Waals surface area contributed by atoms with Gasteiger partial charge in [-0.2, -0.15) is 4.99 Å². The molecular formula is C14H16N2O3S. The van der Waals surface area contributed by atoms with Gasteiger partial charge in [0.15, 0.2) is 0 Å². The molecule has 0 aliphatic carbocycles. The van der Waals surface area contributed by atoms with Crippen molar-refractivity contribution in [3.63, 3.8) is 0 Å². The molecule has 0 radical (unpaired) electrons. The lowest BCUT2D eigenvalue weighted by Crippen LogP contribution is -2.40. The van der Waals surface area contributed by atoms with E-state index in [1.807, 2.05) is 6.92 Å². The fourth-order valence-corrected chi connectivity index (χ4v) is 2.21. The molecule has 1 heterocycles. The number of carbonyl (C=O) groups excluding carboxylic acids is 1. The molecule has 1 fully saturated rings. The molecular weight excluding hydrogens is 276 g/mol. The van der Waals surface area contributed by atoms with Crippen LogP contribution in [0.3, 0.4) is 0 Å². The van der Waals surface area contributed by atoms with E-state index < -0.39 is 0 Å². The monoisotopic (exact) mass is 292 g/mol. The summed E-state index contributed by atoms with van der Waals surface area (Å²) in [6, 6.07) is 3.49. The first-order valence-electron chi connectivity index (χ1n) is 6.31. The highest BCUT2D eigenvalue weighted by Crippen LogP contribution is 2.29. The van der Waals surface area contributed by atoms with Gasteiger partial charge in [0.05, 0.1) is 36.7 Å². The standard InChI is InChI=1S/C14H16N2O3S/c1-10-7-13(18-2)11(8-12(10)15-9-20)14(17)16-3-5-19-6-4-16/h7-8H,3-6H2,1-2H3. The SMILES string of the molecule is COc1cc(C)c(N=C=S)cc1C(=O)N1CCOCC1. The second-order valence-electron chi connectivity index (χ2n) is 4.45. The number of aliphatic imine (C=N–C) groups is 1. The number of isothiocyanates is 1. The fraction of sp³-hybridized carbons (Fsp3) is 0.429. The molecule has 0 N–H and O–H groups in total. The van der Waals surface area contributed by atoms with Crippen molar-refractivity contribution in [2.75, 3.05) is 33.4 Å². The van der Waals surface area contributed by atoms with Crippen LogP contribution in [-0.2, 0) is 4.74 Å². The fourth-order valence-electron chi connectivity index (χ4n) is 2.11. The highest BCUT2D eigenvalue weighted by atomic mass is 32.1. The van der Waals surface area contributed by atoms with Crippen molar-refractivity contribution in [3.05, 3.63) is 23.3 Å². The van der Waals surface area contributed by atoms with E-state index in [4.69, 9.17) is 9.47 Å². The van der Waals surface area contributed by atoms with Crippen LogP contribution in [0.15, 0.2) is 17.1 Å². The zero-order valence-corrected chi connectivity index (χ0v) is 12.3. The number of amides is 1. The minimum absolute atomic E-state index is 0.0778. The van der Waals surface area contributed by atoms with Gasteiger partial charge in [-0.1, -0.05) is 0 Å². The number of rotatable bonds is 3. The summed E-state index contributed by atoms with van der Waals surface area (Å²) in [6.07, 6.45) is 0. The first-order valence-corrected chi connectivity index (χ1v) is 6.71. The third-order valence-corrected chi connectivity index (χ3v) is 3.30. The van der Waals surface area contributed by atoms with Gasteiger partial charge in [0.1, 0.15) is 5.75 Å². The maximum Gasteiger partial charge on any atom is 0.257 e. The number of methoxy groups -OCH3 is 1. The van der Waals surface area contributed by atoms with Crippen LogP contribution in [0.4, 0.5) is 5.69 Å². The molecule has 1 aliphatic rings. The third-order valence-electron chi connectivity index (χ3n) is 3.21. The van der Waals surface area contributed by atoms with Crippen molar-refractivity contribution in [2.45, 2.75) is 6.92 Å². The Balaban J connectivity index is 2.39. The summed E-state index contributed by atoms with van der Waals surface area (Å²) in [6.45, 7) is 4.18. The van der Waals surface area contributed by atoms with E-state index >= 15 is 0 Å². The molecule has 6 heteroatoms. The van der Waals surface area contributed by atoms with Gasteiger partial charge in [-0.25, -0.2) is 0 Å². The van der Waals surface area contributed by atoms with Crippen LogP contribution in [0, 0.1) is 6.92 Å². The topological polar surface area (TPSA) is 51.1 Å². The number of aryl methyl sites for hydroxylation is 1. The average molecular weight is 292 g/mol. The third kappa shape index (κ3) is 3.04. The molecule has 0 bridgehead atoms. The van der Waals surface area contributed by atoms with Gasteiger partial charge in [0.25, 0.3) is 5.91 Å². The van der Waals surface area contributed by atoms with Crippen molar-refractivity contribution in [2.24, 2.45) is 4.99 Å². The van der Waals surface area contributed by atoms with Crippen molar-refractivity contribution in [3.8, 4) is 5.75 Å². The zero-order chi connectivity index (χ0) is 14.5. The molecule has 0 saturated carbocycles. The lowest BCUT2D eigenvalue weighted by atomic mass is 10.1. The van der Waals surface area contributed by atoms with Crippen LogP contribution >= 0.6 is 12.2 Å². The first kappa shape index (κ1) is 14.7. The Morgan fingerprint density at radius 2 is 2.15 bits per heavy atom. The number of benzene rings is 1. The van der Waals surface area contributed by atoms with Crippen molar-refractivity contribution in [1.82, 2.24) is 4.90 Å². The smallest absolute Gasteiger partial charge is 0.257 e. The summed E-state index contributed by atoms with van der Waals surface area (Å²) in [4.78, 5) is 18.3.